The molecule has 0 bridgehead atoms. The van der Waals surface area contributed by atoms with E-state index in [-0.39, 0.29) is 19.3 Å². The second kappa shape index (κ2) is 8.05. The zero-order valence-corrected chi connectivity index (χ0v) is 13.3. The lowest BCUT2D eigenvalue weighted by Gasteiger charge is -2.26. The summed E-state index contributed by atoms with van der Waals surface area (Å²) in [6.07, 6.45) is 3.85. The Morgan fingerprint density at radius 1 is 1.20 bits per heavy atom. The molecule has 1 aliphatic rings. The Morgan fingerprint density at radius 2 is 2.04 bits per heavy atom. The third-order valence-electron chi connectivity index (χ3n) is 3.37. The van der Waals surface area contributed by atoms with Crippen LogP contribution in [0.15, 0.2) is 53.2 Å². The van der Waals surface area contributed by atoms with Crippen LogP contribution in [0.1, 0.15) is 5.76 Å². The third-order valence-corrected chi connectivity index (χ3v) is 3.37. The summed E-state index contributed by atoms with van der Waals surface area (Å²) in [5.41, 5.74) is 0. The standard InChI is InChI=1S/C18H17NO6/c20-17(12-24-18(21)8-7-13-4-3-9-22-13)19-10-14-11-23-15-5-1-2-6-16(15)25-14/h1-9,14H,10-12H2,(H,19,20)/b8-7+. The Labute approximate surface area is 144 Å². The normalized spacial score (nSPS) is 15.8. The average molecular weight is 343 g/mol. The zero-order valence-electron chi connectivity index (χ0n) is 13.3. The van der Waals surface area contributed by atoms with E-state index in [1.807, 2.05) is 18.2 Å². The molecule has 130 valence electrons. The molecule has 1 aromatic carbocycles. The highest BCUT2D eigenvalue weighted by Gasteiger charge is 2.21. The van der Waals surface area contributed by atoms with Crippen molar-refractivity contribution in [2.24, 2.45) is 0 Å². The first-order valence-corrected chi connectivity index (χ1v) is 7.74. The number of esters is 1. The molecule has 25 heavy (non-hydrogen) atoms. The number of rotatable bonds is 6. The Hall–Kier alpha value is -3.22. The molecule has 0 aliphatic carbocycles. The van der Waals surface area contributed by atoms with E-state index >= 15 is 0 Å². The summed E-state index contributed by atoms with van der Waals surface area (Å²) in [4.78, 5) is 23.3. The van der Waals surface area contributed by atoms with Crippen molar-refractivity contribution in [1.29, 1.82) is 0 Å². The highest BCUT2D eigenvalue weighted by Crippen LogP contribution is 2.30. The summed E-state index contributed by atoms with van der Waals surface area (Å²) in [5, 5.41) is 2.64. The molecule has 0 saturated heterocycles. The minimum atomic E-state index is -0.627. The first-order valence-electron chi connectivity index (χ1n) is 7.74. The average Bonchev–Trinajstić information content (AvgIpc) is 3.16. The van der Waals surface area contributed by atoms with Crippen LogP contribution in [0.3, 0.4) is 0 Å². The number of benzene rings is 1. The number of nitrogens with one attached hydrogen (secondary N) is 1. The number of hydrogen-bond acceptors (Lipinski definition) is 6. The highest BCUT2D eigenvalue weighted by atomic mass is 16.6. The van der Waals surface area contributed by atoms with Gasteiger partial charge in [-0.1, -0.05) is 12.1 Å². The molecule has 0 fully saturated rings. The summed E-state index contributed by atoms with van der Waals surface area (Å²) in [6.45, 7) is 0.224. The number of carbonyl (C=O) groups excluding carboxylic acids is 2. The molecule has 1 amide bonds. The van der Waals surface area contributed by atoms with Crippen molar-refractivity contribution in [3.8, 4) is 11.5 Å². The molecule has 1 unspecified atom stereocenters. The van der Waals surface area contributed by atoms with Crippen molar-refractivity contribution in [2.45, 2.75) is 6.10 Å². The SMILES string of the molecule is O=C(COC(=O)/C=C/c1ccco1)NCC1COc2ccccc2O1. The fraction of sp³-hybridized carbons (Fsp3) is 0.222. The van der Waals surface area contributed by atoms with Gasteiger partial charge in [0.05, 0.1) is 12.8 Å². The van der Waals surface area contributed by atoms with E-state index in [2.05, 4.69) is 5.32 Å². The van der Waals surface area contributed by atoms with Gasteiger partial charge in [-0.25, -0.2) is 4.79 Å². The van der Waals surface area contributed by atoms with Crippen LogP contribution in [0.5, 0.6) is 11.5 Å². The van der Waals surface area contributed by atoms with E-state index in [4.69, 9.17) is 18.6 Å². The summed E-state index contributed by atoms with van der Waals surface area (Å²) in [7, 11) is 0. The van der Waals surface area contributed by atoms with Crippen molar-refractivity contribution in [3.63, 3.8) is 0 Å². The molecule has 1 N–H and O–H groups in total. The molecule has 3 rings (SSSR count). The van der Waals surface area contributed by atoms with Crippen molar-refractivity contribution >= 4 is 18.0 Å². The molecule has 1 aliphatic heterocycles. The molecule has 1 aromatic heterocycles. The van der Waals surface area contributed by atoms with Gasteiger partial charge in [0.15, 0.2) is 18.1 Å². The van der Waals surface area contributed by atoms with Gasteiger partial charge in [0.2, 0.25) is 0 Å². The van der Waals surface area contributed by atoms with Gasteiger partial charge in [-0.15, -0.1) is 0 Å². The Kier molecular flexibility index (Phi) is 5.36. The maximum absolute atomic E-state index is 11.7. The Morgan fingerprint density at radius 3 is 2.84 bits per heavy atom. The highest BCUT2D eigenvalue weighted by molar-refractivity contribution is 5.88. The quantitative estimate of drug-likeness (QED) is 0.636. The smallest absolute Gasteiger partial charge is 0.331 e. The van der Waals surface area contributed by atoms with Crippen LogP contribution in [-0.4, -0.2) is 37.7 Å². The van der Waals surface area contributed by atoms with Gasteiger partial charge in [-0.05, 0) is 30.3 Å². The topological polar surface area (TPSA) is 87.0 Å². The van der Waals surface area contributed by atoms with Crippen LogP contribution < -0.4 is 14.8 Å². The molecular weight excluding hydrogens is 326 g/mol. The van der Waals surface area contributed by atoms with E-state index in [9.17, 15) is 9.59 Å². The monoisotopic (exact) mass is 343 g/mol. The van der Waals surface area contributed by atoms with Gasteiger partial charge in [0.25, 0.3) is 5.91 Å². The fourth-order valence-electron chi connectivity index (χ4n) is 2.16. The molecule has 2 heterocycles. The summed E-state index contributed by atoms with van der Waals surface area (Å²) in [5.74, 6) is 0.806. The maximum Gasteiger partial charge on any atom is 0.331 e. The predicted octanol–water partition coefficient (Wildman–Crippen LogP) is 1.79. The Bertz CT molecular complexity index is 753. The lowest BCUT2D eigenvalue weighted by atomic mass is 10.2. The molecule has 0 spiro atoms. The van der Waals surface area contributed by atoms with Crippen LogP contribution >= 0.6 is 0 Å². The number of amides is 1. The van der Waals surface area contributed by atoms with Crippen LogP contribution in [0, 0.1) is 0 Å². The van der Waals surface area contributed by atoms with Crippen LogP contribution in [0.2, 0.25) is 0 Å². The summed E-state index contributed by atoms with van der Waals surface area (Å²) < 4.78 is 21.2. The summed E-state index contributed by atoms with van der Waals surface area (Å²) in [6, 6.07) is 10.7. The van der Waals surface area contributed by atoms with Crippen molar-refractivity contribution < 1.29 is 28.2 Å². The van der Waals surface area contributed by atoms with Crippen molar-refractivity contribution in [2.75, 3.05) is 19.8 Å². The number of ether oxygens (including phenoxy) is 3. The molecule has 1 atom stereocenters. The minimum Gasteiger partial charge on any atom is -0.486 e. The largest absolute Gasteiger partial charge is 0.486 e. The summed E-state index contributed by atoms with van der Waals surface area (Å²) >= 11 is 0. The predicted molar refractivity (Wildman–Crippen MR) is 88.1 cm³/mol. The molecular formula is C18H17NO6. The maximum atomic E-state index is 11.7. The first kappa shape index (κ1) is 16.6. The van der Waals surface area contributed by atoms with Crippen molar-refractivity contribution in [3.05, 3.63) is 54.5 Å². The number of carbonyl (C=O) groups is 2. The minimum absolute atomic E-state index is 0.257. The fourth-order valence-corrected chi connectivity index (χ4v) is 2.16. The van der Waals surface area contributed by atoms with Crippen LogP contribution in [0.4, 0.5) is 0 Å². The van der Waals surface area contributed by atoms with Gasteiger partial charge in [0.1, 0.15) is 18.5 Å². The lowest BCUT2D eigenvalue weighted by Crippen LogP contribution is -2.42. The molecule has 2 aromatic rings. The molecule has 7 heteroatoms. The van der Waals surface area contributed by atoms with E-state index in [0.717, 1.165) is 0 Å². The second-order valence-electron chi connectivity index (χ2n) is 5.26. The van der Waals surface area contributed by atoms with E-state index in [1.54, 1.807) is 18.2 Å². The van der Waals surface area contributed by atoms with Gasteiger partial charge in [0, 0.05) is 6.08 Å². The Balaban J connectivity index is 1.36. The number of hydrogen-bond donors (Lipinski definition) is 1. The number of furan rings is 1. The third kappa shape index (κ3) is 4.87. The van der Waals surface area contributed by atoms with E-state index < -0.39 is 11.9 Å². The van der Waals surface area contributed by atoms with E-state index in [1.165, 1.54) is 18.4 Å². The number of fused-ring (bicyclic) bond motifs is 1. The first-order chi connectivity index (χ1) is 12.2. The van der Waals surface area contributed by atoms with Gasteiger partial charge in [-0.3, -0.25) is 4.79 Å². The van der Waals surface area contributed by atoms with E-state index in [0.29, 0.717) is 23.9 Å². The molecule has 0 radical (unpaired) electrons. The van der Waals surface area contributed by atoms with Crippen molar-refractivity contribution in [1.82, 2.24) is 5.32 Å². The van der Waals surface area contributed by atoms with Crippen LogP contribution in [0.25, 0.3) is 6.08 Å². The zero-order chi connectivity index (χ0) is 17.5. The second-order valence-corrected chi connectivity index (χ2v) is 5.26. The lowest BCUT2D eigenvalue weighted by molar-refractivity contribution is -0.143. The van der Waals surface area contributed by atoms with Gasteiger partial charge < -0.3 is 23.9 Å². The van der Waals surface area contributed by atoms with Crippen LogP contribution in [-0.2, 0) is 14.3 Å². The molecule has 0 saturated carbocycles. The number of para-hydroxylation sites is 2. The van der Waals surface area contributed by atoms with Gasteiger partial charge in [-0.2, -0.15) is 0 Å². The molecule has 7 nitrogen and oxygen atoms in total. The van der Waals surface area contributed by atoms with Gasteiger partial charge >= 0.3 is 5.97 Å².